The Kier molecular flexibility index (Phi) is 6.78. The number of benzene rings is 1. The zero-order valence-electron chi connectivity index (χ0n) is 16.1. The predicted octanol–water partition coefficient (Wildman–Crippen LogP) is 3.36. The molecule has 0 spiro atoms. The molecule has 0 aromatic heterocycles. The van der Waals surface area contributed by atoms with E-state index < -0.39 is 0 Å². The quantitative estimate of drug-likeness (QED) is 0.734. The Bertz CT molecular complexity index is 595. The first-order chi connectivity index (χ1) is 12.7. The van der Waals surface area contributed by atoms with Crippen molar-refractivity contribution in [3.63, 3.8) is 0 Å². The van der Waals surface area contributed by atoms with E-state index in [2.05, 4.69) is 10.2 Å². The Morgan fingerprint density at radius 3 is 2.46 bits per heavy atom. The van der Waals surface area contributed by atoms with Gasteiger partial charge in [0.05, 0.1) is 20.8 Å². The minimum Gasteiger partial charge on any atom is -0.493 e. The van der Waals surface area contributed by atoms with E-state index in [1.165, 1.54) is 44.9 Å². The van der Waals surface area contributed by atoms with Crippen LogP contribution >= 0.6 is 0 Å². The lowest BCUT2D eigenvalue weighted by atomic mass is 9.89. The second-order valence-electron chi connectivity index (χ2n) is 7.63. The van der Waals surface area contributed by atoms with Crippen LogP contribution in [0.4, 0.5) is 0 Å². The molecule has 1 aromatic rings. The summed E-state index contributed by atoms with van der Waals surface area (Å²) in [6, 6.07) is 6.38. The van der Waals surface area contributed by atoms with Crippen LogP contribution in [0.3, 0.4) is 0 Å². The summed E-state index contributed by atoms with van der Waals surface area (Å²) in [5.74, 6) is 2.29. The molecule has 1 amide bonds. The van der Waals surface area contributed by atoms with Gasteiger partial charge in [-0.05, 0) is 49.3 Å². The summed E-state index contributed by atoms with van der Waals surface area (Å²) in [6.07, 6.45) is 9.24. The zero-order chi connectivity index (χ0) is 18.4. The van der Waals surface area contributed by atoms with Crippen LogP contribution in [-0.2, 0) is 11.3 Å². The van der Waals surface area contributed by atoms with Crippen molar-refractivity contribution in [2.45, 2.75) is 57.5 Å². The second kappa shape index (κ2) is 9.26. The Balaban J connectivity index is 1.49. The molecule has 2 aliphatic rings. The van der Waals surface area contributed by atoms with Crippen molar-refractivity contribution in [3.05, 3.63) is 23.8 Å². The average molecular weight is 360 g/mol. The molecular formula is C21H32N2O3. The molecule has 0 bridgehead atoms. The third kappa shape index (κ3) is 5.37. The summed E-state index contributed by atoms with van der Waals surface area (Å²) >= 11 is 0. The fourth-order valence-corrected chi connectivity index (χ4v) is 3.92. The van der Waals surface area contributed by atoms with Crippen molar-refractivity contribution in [1.29, 1.82) is 0 Å². The molecule has 5 nitrogen and oxygen atoms in total. The molecule has 2 aliphatic carbocycles. The maximum Gasteiger partial charge on any atom is 0.234 e. The van der Waals surface area contributed by atoms with E-state index >= 15 is 0 Å². The Morgan fingerprint density at radius 2 is 1.81 bits per heavy atom. The smallest absolute Gasteiger partial charge is 0.234 e. The third-order valence-electron chi connectivity index (χ3n) is 5.57. The SMILES string of the molecule is COc1ccc(CNC(=O)CN(CC2CCCCC2)C2CC2)cc1OC. The van der Waals surface area contributed by atoms with Crippen LogP contribution in [0.5, 0.6) is 11.5 Å². The number of amides is 1. The van der Waals surface area contributed by atoms with Crippen LogP contribution < -0.4 is 14.8 Å². The van der Waals surface area contributed by atoms with Crippen molar-refractivity contribution in [2.75, 3.05) is 27.3 Å². The largest absolute Gasteiger partial charge is 0.493 e. The second-order valence-corrected chi connectivity index (χ2v) is 7.63. The van der Waals surface area contributed by atoms with Crippen molar-refractivity contribution in [1.82, 2.24) is 10.2 Å². The Labute approximate surface area is 157 Å². The Morgan fingerprint density at radius 1 is 1.08 bits per heavy atom. The van der Waals surface area contributed by atoms with Gasteiger partial charge in [-0.25, -0.2) is 0 Å². The lowest BCUT2D eigenvalue weighted by Crippen LogP contribution is -2.41. The summed E-state index contributed by atoms with van der Waals surface area (Å²) in [5, 5.41) is 3.06. The van der Waals surface area contributed by atoms with E-state index in [1.807, 2.05) is 18.2 Å². The monoisotopic (exact) mass is 360 g/mol. The fraction of sp³-hybridized carbons (Fsp3) is 0.667. The summed E-state index contributed by atoms with van der Waals surface area (Å²) in [7, 11) is 3.25. The normalized spacial score (nSPS) is 18.0. The minimum atomic E-state index is 0.113. The van der Waals surface area contributed by atoms with Gasteiger partial charge in [-0.15, -0.1) is 0 Å². The number of nitrogens with zero attached hydrogens (tertiary/aromatic N) is 1. The first kappa shape index (κ1) is 19.0. The molecule has 0 atom stereocenters. The first-order valence-corrected chi connectivity index (χ1v) is 9.91. The van der Waals surface area contributed by atoms with Gasteiger partial charge in [0.1, 0.15) is 0 Å². The predicted molar refractivity (Wildman–Crippen MR) is 103 cm³/mol. The molecule has 2 fully saturated rings. The summed E-state index contributed by atoms with van der Waals surface area (Å²) < 4.78 is 10.6. The van der Waals surface area contributed by atoms with Gasteiger partial charge in [0.25, 0.3) is 0 Å². The van der Waals surface area contributed by atoms with Gasteiger partial charge in [-0.2, -0.15) is 0 Å². The van der Waals surface area contributed by atoms with E-state index in [-0.39, 0.29) is 5.91 Å². The molecule has 2 saturated carbocycles. The van der Waals surface area contributed by atoms with Crippen molar-refractivity contribution in [2.24, 2.45) is 5.92 Å². The summed E-state index contributed by atoms with van der Waals surface area (Å²) in [4.78, 5) is 14.9. The van der Waals surface area contributed by atoms with E-state index in [4.69, 9.17) is 9.47 Å². The highest BCUT2D eigenvalue weighted by Gasteiger charge is 2.32. The third-order valence-corrected chi connectivity index (χ3v) is 5.57. The van der Waals surface area contributed by atoms with Crippen molar-refractivity contribution in [3.8, 4) is 11.5 Å². The van der Waals surface area contributed by atoms with Crippen LogP contribution in [0.25, 0.3) is 0 Å². The molecule has 1 aromatic carbocycles. The molecule has 0 heterocycles. The average Bonchev–Trinajstić information content (AvgIpc) is 3.51. The lowest BCUT2D eigenvalue weighted by molar-refractivity contribution is -0.122. The van der Waals surface area contributed by atoms with Crippen LogP contribution in [0, 0.1) is 5.92 Å². The van der Waals surface area contributed by atoms with Gasteiger partial charge < -0.3 is 14.8 Å². The molecular weight excluding hydrogens is 328 g/mol. The van der Waals surface area contributed by atoms with Gasteiger partial charge in [0, 0.05) is 19.1 Å². The molecule has 0 radical (unpaired) electrons. The van der Waals surface area contributed by atoms with Crippen LogP contribution in [0.2, 0.25) is 0 Å². The van der Waals surface area contributed by atoms with Crippen LogP contribution in [0.15, 0.2) is 18.2 Å². The topological polar surface area (TPSA) is 50.8 Å². The molecule has 5 heteroatoms. The number of carbonyl (C=O) groups excluding carboxylic acids is 1. The number of nitrogens with one attached hydrogen (secondary N) is 1. The standard InChI is InChI=1S/C21H32N2O3/c1-25-19-11-8-17(12-20(19)26-2)13-22-21(24)15-23(18-9-10-18)14-16-6-4-3-5-7-16/h8,11-12,16,18H,3-7,9-10,13-15H2,1-2H3,(H,22,24). The minimum absolute atomic E-state index is 0.113. The number of carbonyl (C=O) groups is 1. The highest BCUT2D eigenvalue weighted by molar-refractivity contribution is 5.78. The molecule has 3 rings (SSSR count). The maximum atomic E-state index is 12.5. The van der Waals surface area contributed by atoms with Crippen molar-refractivity contribution < 1.29 is 14.3 Å². The molecule has 0 saturated heterocycles. The van der Waals surface area contributed by atoms with Gasteiger partial charge in [-0.1, -0.05) is 25.3 Å². The van der Waals surface area contributed by atoms with E-state index in [0.717, 1.165) is 18.0 Å². The number of hydrogen-bond donors (Lipinski definition) is 1. The fourth-order valence-electron chi connectivity index (χ4n) is 3.92. The van der Waals surface area contributed by atoms with E-state index in [1.54, 1.807) is 14.2 Å². The summed E-state index contributed by atoms with van der Waals surface area (Å²) in [6.45, 7) is 2.13. The van der Waals surface area contributed by atoms with Gasteiger partial charge >= 0.3 is 0 Å². The van der Waals surface area contributed by atoms with E-state index in [0.29, 0.717) is 30.6 Å². The summed E-state index contributed by atoms with van der Waals surface area (Å²) in [5.41, 5.74) is 1.02. The van der Waals surface area contributed by atoms with Crippen LogP contribution in [-0.4, -0.2) is 44.2 Å². The molecule has 0 aliphatic heterocycles. The number of ether oxygens (including phenoxy) is 2. The van der Waals surface area contributed by atoms with Gasteiger partial charge in [-0.3, -0.25) is 9.69 Å². The number of rotatable bonds is 9. The Hall–Kier alpha value is -1.75. The first-order valence-electron chi connectivity index (χ1n) is 9.91. The number of methoxy groups -OCH3 is 2. The molecule has 0 unspecified atom stereocenters. The lowest BCUT2D eigenvalue weighted by Gasteiger charge is -2.29. The van der Waals surface area contributed by atoms with Crippen molar-refractivity contribution >= 4 is 5.91 Å². The molecule has 1 N–H and O–H groups in total. The number of hydrogen-bond acceptors (Lipinski definition) is 4. The highest BCUT2D eigenvalue weighted by atomic mass is 16.5. The highest BCUT2D eigenvalue weighted by Crippen LogP contribution is 2.31. The maximum absolute atomic E-state index is 12.5. The molecule has 26 heavy (non-hydrogen) atoms. The van der Waals surface area contributed by atoms with E-state index in [9.17, 15) is 4.79 Å². The molecule has 144 valence electrons. The van der Waals surface area contributed by atoms with Crippen LogP contribution in [0.1, 0.15) is 50.5 Å². The van der Waals surface area contributed by atoms with Gasteiger partial charge in [0.15, 0.2) is 11.5 Å². The van der Waals surface area contributed by atoms with Gasteiger partial charge in [0.2, 0.25) is 5.91 Å². The zero-order valence-corrected chi connectivity index (χ0v) is 16.1.